The molecule has 0 atom stereocenters. The number of carbonyl (C=O) groups is 1. The fraction of sp³-hybridized carbons (Fsp3) is 0.429. The van der Waals surface area contributed by atoms with Crippen molar-refractivity contribution in [3.8, 4) is 11.4 Å². The number of aryl methyl sites for hydroxylation is 1. The fourth-order valence-corrected chi connectivity index (χ4v) is 2.66. The van der Waals surface area contributed by atoms with Gasteiger partial charge in [-0.3, -0.25) is 4.79 Å². The number of nitrogens with zero attached hydrogens (tertiary/aromatic N) is 4. The maximum atomic E-state index is 11.5. The summed E-state index contributed by atoms with van der Waals surface area (Å²) in [6.45, 7) is 2.32. The molecule has 1 aromatic heterocycles. The second kappa shape index (κ2) is 4.70. The lowest BCUT2D eigenvalue weighted by Gasteiger charge is -2.37. The van der Waals surface area contributed by atoms with Crippen molar-refractivity contribution in [3.05, 3.63) is 29.8 Å². The number of aromatic nitrogens is 4. The first-order valence-corrected chi connectivity index (χ1v) is 6.68. The van der Waals surface area contributed by atoms with Crippen molar-refractivity contribution < 1.29 is 9.90 Å². The van der Waals surface area contributed by atoms with Crippen LogP contribution in [-0.4, -0.2) is 31.3 Å². The fourth-order valence-electron chi connectivity index (χ4n) is 2.66. The number of benzene rings is 1. The van der Waals surface area contributed by atoms with E-state index in [1.54, 1.807) is 4.68 Å². The van der Waals surface area contributed by atoms with E-state index in [1.807, 2.05) is 31.2 Å². The molecule has 0 radical (unpaired) electrons. The molecule has 6 nitrogen and oxygen atoms in total. The van der Waals surface area contributed by atoms with Gasteiger partial charge in [0.05, 0.1) is 12.0 Å². The van der Waals surface area contributed by atoms with Crippen LogP contribution in [0.5, 0.6) is 0 Å². The summed E-state index contributed by atoms with van der Waals surface area (Å²) >= 11 is 0. The predicted octanol–water partition coefficient (Wildman–Crippen LogP) is 1.90. The van der Waals surface area contributed by atoms with Gasteiger partial charge in [0.1, 0.15) is 0 Å². The molecule has 1 fully saturated rings. The molecular formula is C14H16N4O2. The van der Waals surface area contributed by atoms with Gasteiger partial charge in [-0.1, -0.05) is 30.7 Å². The first kappa shape index (κ1) is 12.8. The molecule has 1 heterocycles. The Morgan fingerprint density at radius 1 is 1.40 bits per heavy atom. The molecule has 0 bridgehead atoms. The van der Waals surface area contributed by atoms with Gasteiger partial charge in [-0.25, -0.2) is 4.68 Å². The van der Waals surface area contributed by atoms with Crippen molar-refractivity contribution in [2.45, 2.75) is 32.7 Å². The second-order valence-electron chi connectivity index (χ2n) is 5.41. The smallest absolute Gasteiger partial charge is 0.311 e. The topological polar surface area (TPSA) is 80.9 Å². The zero-order valence-electron chi connectivity index (χ0n) is 11.3. The minimum Gasteiger partial charge on any atom is -0.481 e. The average Bonchev–Trinajstić information content (AvgIpc) is 2.81. The highest BCUT2D eigenvalue weighted by Gasteiger charge is 2.45. The maximum Gasteiger partial charge on any atom is 0.311 e. The SMILES string of the molecule is Cc1ccccc1-c1nnnn1CC1(C(=O)O)CCC1. The van der Waals surface area contributed by atoms with Gasteiger partial charge in [0.15, 0.2) is 5.82 Å². The number of carboxylic acids is 1. The van der Waals surface area contributed by atoms with Crippen LogP contribution in [0.1, 0.15) is 24.8 Å². The van der Waals surface area contributed by atoms with Crippen LogP contribution in [0.25, 0.3) is 11.4 Å². The highest BCUT2D eigenvalue weighted by molar-refractivity contribution is 5.75. The van der Waals surface area contributed by atoms with Crippen LogP contribution in [0.15, 0.2) is 24.3 Å². The molecule has 0 spiro atoms. The Bertz CT molecular complexity index is 646. The Kier molecular flexibility index (Phi) is 3.00. The van der Waals surface area contributed by atoms with E-state index in [2.05, 4.69) is 15.5 Å². The van der Waals surface area contributed by atoms with E-state index < -0.39 is 11.4 Å². The minimum absolute atomic E-state index is 0.332. The van der Waals surface area contributed by atoms with Crippen LogP contribution in [-0.2, 0) is 11.3 Å². The Hall–Kier alpha value is -2.24. The van der Waals surface area contributed by atoms with E-state index in [1.165, 1.54) is 0 Å². The first-order valence-electron chi connectivity index (χ1n) is 6.68. The molecule has 6 heteroatoms. The molecule has 20 heavy (non-hydrogen) atoms. The van der Waals surface area contributed by atoms with Crippen molar-refractivity contribution in [3.63, 3.8) is 0 Å². The quantitative estimate of drug-likeness (QED) is 0.919. The van der Waals surface area contributed by atoms with E-state index >= 15 is 0 Å². The van der Waals surface area contributed by atoms with Crippen molar-refractivity contribution in [1.82, 2.24) is 20.2 Å². The molecule has 0 unspecified atom stereocenters. The number of hydrogen-bond acceptors (Lipinski definition) is 4. The summed E-state index contributed by atoms with van der Waals surface area (Å²) in [5.41, 5.74) is 1.31. The minimum atomic E-state index is -0.755. The second-order valence-corrected chi connectivity index (χ2v) is 5.41. The Morgan fingerprint density at radius 2 is 2.15 bits per heavy atom. The number of carboxylic acid groups (broad SMARTS) is 1. The number of tetrazole rings is 1. The van der Waals surface area contributed by atoms with Crippen molar-refractivity contribution in [1.29, 1.82) is 0 Å². The van der Waals surface area contributed by atoms with Gasteiger partial charge in [0, 0.05) is 5.56 Å². The van der Waals surface area contributed by atoms with Crippen LogP contribution in [0.3, 0.4) is 0 Å². The maximum absolute atomic E-state index is 11.5. The Balaban J connectivity index is 1.95. The summed E-state index contributed by atoms with van der Waals surface area (Å²) in [6, 6.07) is 7.83. The van der Waals surface area contributed by atoms with Gasteiger partial charge < -0.3 is 5.11 Å². The van der Waals surface area contributed by atoms with Gasteiger partial charge in [-0.15, -0.1) is 5.10 Å². The molecular weight excluding hydrogens is 256 g/mol. The van der Waals surface area contributed by atoms with Gasteiger partial charge >= 0.3 is 5.97 Å². The molecule has 1 saturated carbocycles. The molecule has 0 amide bonds. The summed E-state index contributed by atoms with van der Waals surface area (Å²) in [5.74, 6) is -0.120. The lowest BCUT2D eigenvalue weighted by atomic mass is 9.69. The van der Waals surface area contributed by atoms with Gasteiger partial charge in [-0.05, 0) is 35.8 Å². The van der Waals surface area contributed by atoms with Crippen LogP contribution < -0.4 is 0 Å². The van der Waals surface area contributed by atoms with E-state index in [0.717, 1.165) is 17.5 Å². The number of aliphatic carboxylic acids is 1. The lowest BCUT2D eigenvalue weighted by Crippen LogP contribution is -2.42. The normalized spacial score (nSPS) is 16.6. The summed E-state index contributed by atoms with van der Waals surface area (Å²) in [6.07, 6.45) is 2.33. The molecule has 1 aromatic carbocycles. The molecule has 0 saturated heterocycles. The summed E-state index contributed by atoms with van der Waals surface area (Å²) in [4.78, 5) is 11.5. The van der Waals surface area contributed by atoms with E-state index in [9.17, 15) is 9.90 Å². The highest BCUT2D eigenvalue weighted by atomic mass is 16.4. The summed E-state index contributed by atoms with van der Waals surface area (Å²) in [7, 11) is 0. The van der Waals surface area contributed by atoms with Gasteiger partial charge in [0.25, 0.3) is 0 Å². The molecule has 1 N–H and O–H groups in total. The van der Waals surface area contributed by atoms with Gasteiger partial charge in [0.2, 0.25) is 0 Å². The molecule has 1 aliphatic carbocycles. The third kappa shape index (κ3) is 1.97. The van der Waals surface area contributed by atoms with Crippen LogP contribution in [0, 0.1) is 12.3 Å². The summed E-state index contributed by atoms with van der Waals surface area (Å²) in [5, 5.41) is 21.2. The largest absolute Gasteiger partial charge is 0.481 e. The zero-order valence-corrected chi connectivity index (χ0v) is 11.3. The molecule has 1 aliphatic rings. The number of rotatable bonds is 4. The monoisotopic (exact) mass is 272 g/mol. The van der Waals surface area contributed by atoms with Crippen molar-refractivity contribution in [2.24, 2.45) is 5.41 Å². The van der Waals surface area contributed by atoms with Crippen LogP contribution in [0.4, 0.5) is 0 Å². The van der Waals surface area contributed by atoms with E-state index in [-0.39, 0.29) is 0 Å². The van der Waals surface area contributed by atoms with E-state index in [0.29, 0.717) is 25.2 Å². The van der Waals surface area contributed by atoms with E-state index in [4.69, 9.17) is 0 Å². The van der Waals surface area contributed by atoms with Crippen molar-refractivity contribution >= 4 is 5.97 Å². The molecule has 2 aromatic rings. The third-order valence-electron chi connectivity index (χ3n) is 4.13. The van der Waals surface area contributed by atoms with Crippen LogP contribution >= 0.6 is 0 Å². The zero-order chi connectivity index (χ0) is 14.2. The van der Waals surface area contributed by atoms with Crippen molar-refractivity contribution in [2.75, 3.05) is 0 Å². The molecule has 104 valence electrons. The lowest BCUT2D eigenvalue weighted by molar-refractivity contribution is -0.156. The third-order valence-corrected chi connectivity index (χ3v) is 4.13. The molecule has 0 aliphatic heterocycles. The summed E-state index contributed by atoms with van der Waals surface area (Å²) < 4.78 is 1.62. The molecule has 3 rings (SSSR count). The first-order chi connectivity index (χ1) is 9.62. The average molecular weight is 272 g/mol. The Morgan fingerprint density at radius 3 is 2.75 bits per heavy atom. The Labute approximate surface area is 116 Å². The van der Waals surface area contributed by atoms with Gasteiger partial charge in [-0.2, -0.15) is 0 Å². The standard InChI is InChI=1S/C14H16N4O2/c1-10-5-2-3-6-11(10)12-15-16-17-18(12)9-14(13(19)20)7-4-8-14/h2-3,5-6H,4,7-9H2,1H3,(H,19,20). The van der Waals surface area contributed by atoms with Crippen LogP contribution in [0.2, 0.25) is 0 Å². The highest BCUT2D eigenvalue weighted by Crippen LogP contribution is 2.43. The number of hydrogen-bond donors (Lipinski definition) is 1. The predicted molar refractivity (Wildman–Crippen MR) is 71.9 cm³/mol.